The van der Waals surface area contributed by atoms with Crippen LogP contribution < -0.4 is 5.32 Å². The van der Waals surface area contributed by atoms with Gasteiger partial charge in [0.2, 0.25) is 5.91 Å². The Morgan fingerprint density at radius 3 is 2.04 bits per heavy atom. The average Bonchev–Trinajstić information content (AvgIpc) is 2.52. The fourth-order valence-electron chi connectivity index (χ4n) is 7.02. The molecule has 25 heavy (non-hydrogen) atoms. The molecule has 5 heteroatoms. The molecule has 0 aliphatic heterocycles. The Hall–Kier alpha value is -0.740. The van der Waals surface area contributed by atoms with E-state index in [9.17, 15) is 18.0 Å². The van der Waals surface area contributed by atoms with Gasteiger partial charge in [-0.2, -0.15) is 13.2 Å². The molecule has 5 fully saturated rings. The van der Waals surface area contributed by atoms with Crippen molar-refractivity contribution in [3.05, 3.63) is 0 Å². The van der Waals surface area contributed by atoms with Gasteiger partial charge in [0.15, 0.2) is 0 Å². The lowest BCUT2D eigenvalue weighted by molar-refractivity contribution is -0.198. The van der Waals surface area contributed by atoms with Crippen LogP contribution in [0.4, 0.5) is 13.2 Å². The lowest BCUT2D eigenvalue weighted by atomic mass is 9.48. The van der Waals surface area contributed by atoms with Gasteiger partial charge in [-0.25, -0.2) is 0 Å². The highest BCUT2D eigenvalue weighted by Crippen LogP contribution is 2.61. The number of alkyl halides is 3. The molecule has 0 aromatic carbocycles. The van der Waals surface area contributed by atoms with E-state index >= 15 is 0 Å². The van der Waals surface area contributed by atoms with Gasteiger partial charge >= 0.3 is 6.18 Å². The lowest BCUT2D eigenvalue weighted by Crippen LogP contribution is -2.57. The fourth-order valence-corrected chi connectivity index (χ4v) is 7.02. The molecule has 0 radical (unpaired) electrons. The number of nitrogens with one attached hydrogen (secondary N) is 1. The second-order valence-corrected chi connectivity index (χ2v) is 9.55. The summed E-state index contributed by atoms with van der Waals surface area (Å²) in [5.41, 5.74) is 0.146. The largest absolute Gasteiger partial charge is 0.392 e. The average molecular weight is 357 g/mol. The predicted octanol–water partition coefficient (Wildman–Crippen LogP) is 5.08. The molecule has 5 aliphatic carbocycles. The highest BCUT2D eigenvalue weighted by atomic mass is 19.4. The molecule has 5 saturated carbocycles. The first kappa shape index (κ1) is 17.7. The molecule has 1 N–H and O–H groups in total. The van der Waals surface area contributed by atoms with Gasteiger partial charge in [-0.15, -0.1) is 0 Å². The van der Waals surface area contributed by atoms with E-state index in [0.29, 0.717) is 12.8 Å². The van der Waals surface area contributed by atoms with Crippen LogP contribution in [0.25, 0.3) is 0 Å². The first-order valence-corrected chi connectivity index (χ1v) is 10.1. The molecule has 1 amide bonds. The summed E-state index contributed by atoms with van der Waals surface area (Å²) in [6.07, 6.45) is 5.02. The van der Waals surface area contributed by atoms with Crippen molar-refractivity contribution in [1.29, 1.82) is 0 Å². The van der Waals surface area contributed by atoms with Gasteiger partial charge in [-0.1, -0.05) is 12.8 Å². The fraction of sp³-hybridized carbons (Fsp3) is 0.950. The van der Waals surface area contributed by atoms with Crippen molar-refractivity contribution in [2.24, 2.45) is 35.0 Å². The zero-order valence-corrected chi connectivity index (χ0v) is 15.1. The highest BCUT2D eigenvalue weighted by Gasteiger charge is 2.54. The van der Waals surface area contributed by atoms with Crippen LogP contribution in [0.5, 0.6) is 0 Å². The Morgan fingerprint density at radius 2 is 1.52 bits per heavy atom. The third-order valence-corrected chi connectivity index (χ3v) is 7.89. The van der Waals surface area contributed by atoms with Gasteiger partial charge in [0.05, 0.1) is 5.92 Å². The number of halogens is 3. The minimum absolute atomic E-state index is 0.00390. The van der Waals surface area contributed by atoms with Crippen molar-refractivity contribution in [2.75, 3.05) is 0 Å². The third kappa shape index (κ3) is 3.21. The van der Waals surface area contributed by atoms with E-state index in [1.165, 1.54) is 19.3 Å². The summed E-state index contributed by atoms with van der Waals surface area (Å²) in [5, 5.41) is 3.07. The minimum atomic E-state index is -4.26. The van der Waals surface area contributed by atoms with Gasteiger partial charge in [-0.05, 0) is 81.5 Å². The minimum Gasteiger partial charge on any atom is -0.353 e. The summed E-state index contributed by atoms with van der Waals surface area (Å²) in [6.45, 7) is 2.05. The molecule has 5 aliphatic rings. The summed E-state index contributed by atoms with van der Waals surface area (Å²) in [7, 11) is 0. The molecule has 3 unspecified atom stereocenters. The molecule has 4 bridgehead atoms. The van der Waals surface area contributed by atoms with Crippen LogP contribution >= 0.6 is 0 Å². The van der Waals surface area contributed by atoms with Gasteiger partial charge in [0.25, 0.3) is 0 Å². The topological polar surface area (TPSA) is 29.1 Å². The maximum absolute atomic E-state index is 13.3. The molecule has 2 nitrogen and oxygen atoms in total. The van der Waals surface area contributed by atoms with Crippen molar-refractivity contribution in [3.8, 4) is 0 Å². The molecule has 0 heterocycles. The Morgan fingerprint density at radius 1 is 1.00 bits per heavy atom. The zero-order valence-electron chi connectivity index (χ0n) is 15.1. The number of hydrogen-bond acceptors (Lipinski definition) is 1. The standard InChI is InChI=1S/C20H30F3NO/c1-12(19-9-13-6-14(10-19)8-15(7-13)11-19)24-18(25)16-4-2-3-5-17(16)20(21,22)23/h12-17H,2-11H2,1H3,(H,24,25). The normalized spacial score (nSPS) is 44.6. The second kappa shape index (κ2) is 6.16. The van der Waals surface area contributed by atoms with Crippen LogP contribution in [0.2, 0.25) is 0 Å². The summed E-state index contributed by atoms with van der Waals surface area (Å²) < 4.78 is 40.0. The molecule has 0 saturated heterocycles. The molecular formula is C20H30F3NO. The first-order chi connectivity index (χ1) is 11.8. The number of hydrogen-bond donors (Lipinski definition) is 1. The third-order valence-electron chi connectivity index (χ3n) is 7.89. The summed E-state index contributed by atoms with van der Waals surface area (Å²) in [6, 6.07) is 0.00390. The molecule has 3 atom stereocenters. The Bertz CT molecular complexity index is 494. The van der Waals surface area contributed by atoms with Gasteiger partial charge < -0.3 is 5.32 Å². The monoisotopic (exact) mass is 357 g/mol. The van der Waals surface area contributed by atoms with E-state index in [0.717, 1.165) is 43.4 Å². The molecule has 5 rings (SSSR count). The zero-order chi connectivity index (χ0) is 17.8. The van der Waals surface area contributed by atoms with E-state index in [4.69, 9.17) is 0 Å². The quantitative estimate of drug-likeness (QED) is 0.750. The highest BCUT2D eigenvalue weighted by molar-refractivity contribution is 5.79. The Kier molecular flexibility index (Phi) is 4.35. The maximum Gasteiger partial charge on any atom is 0.392 e. The van der Waals surface area contributed by atoms with E-state index in [1.807, 2.05) is 0 Å². The predicted molar refractivity (Wildman–Crippen MR) is 89.7 cm³/mol. The number of rotatable bonds is 3. The van der Waals surface area contributed by atoms with E-state index in [-0.39, 0.29) is 23.8 Å². The van der Waals surface area contributed by atoms with Crippen LogP contribution in [0.15, 0.2) is 0 Å². The van der Waals surface area contributed by atoms with Crippen molar-refractivity contribution >= 4 is 5.91 Å². The van der Waals surface area contributed by atoms with Crippen molar-refractivity contribution in [2.45, 2.75) is 83.4 Å². The van der Waals surface area contributed by atoms with Gasteiger partial charge in [0.1, 0.15) is 0 Å². The van der Waals surface area contributed by atoms with Crippen molar-refractivity contribution in [3.63, 3.8) is 0 Å². The molecule has 0 aromatic heterocycles. The summed E-state index contributed by atoms with van der Waals surface area (Å²) in [4.78, 5) is 12.7. The Labute approximate surface area is 148 Å². The SMILES string of the molecule is CC(NC(=O)C1CCCCC1C(F)(F)F)C12CC3CC(CC(C3)C1)C2. The smallest absolute Gasteiger partial charge is 0.353 e. The van der Waals surface area contributed by atoms with Gasteiger partial charge in [-0.3, -0.25) is 4.79 Å². The van der Waals surface area contributed by atoms with Crippen molar-refractivity contribution < 1.29 is 18.0 Å². The van der Waals surface area contributed by atoms with Crippen LogP contribution in [0.1, 0.15) is 71.1 Å². The van der Waals surface area contributed by atoms with Crippen LogP contribution in [-0.4, -0.2) is 18.1 Å². The molecule has 0 spiro atoms. The Balaban J connectivity index is 1.45. The molecular weight excluding hydrogens is 327 g/mol. The first-order valence-electron chi connectivity index (χ1n) is 10.1. The van der Waals surface area contributed by atoms with Gasteiger partial charge in [0, 0.05) is 12.0 Å². The summed E-state index contributed by atoms with van der Waals surface area (Å²) >= 11 is 0. The van der Waals surface area contributed by atoms with Crippen LogP contribution in [0, 0.1) is 35.0 Å². The van der Waals surface area contributed by atoms with E-state index in [2.05, 4.69) is 12.2 Å². The second-order valence-electron chi connectivity index (χ2n) is 9.55. The van der Waals surface area contributed by atoms with Crippen molar-refractivity contribution in [1.82, 2.24) is 5.32 Å². The summed E-state index contributed by atoms with van der Waals surface area (Å²) in [5.74, 6) is -0.338. The van der Waals surface area contributed by atoms with E-state index in [1.54, 1.807) is 0 Å². The van der Waals surface area contributed by atoms with Crippen LogP contribution in [0.3, 0.4) is 0 Å². The maximum atomic E-state index is 13.3. The number of carbonyl (C=O) groups is 1. The number of amides is 1. The van der Waals surface area contributed by atoms with Crippen LogP contribution in [-0.2, 0) is 4.79 Å². The molecule has 0 aromatic rings. The van der Waals surface area contributed by atoms with E-state index < -0.39 is 18.0 Å². The molecule has 142 valence electrons. The number of carbonyl (C=O) groups excluding carboxylic acids is 1. The lowest BCUT2D eigenvalue weighted by Gasteiger charge is -2.59.